The molecule has 0 spiro atoms. The minimum Gasteiger partial charge on any atom is -0.497 e. The van der Waals surface area contributed by atoms with Crippen LogP contribution >= 0.6 is 0 Å². The Morgan fingerprint density at radius 2 is 1.81 bits per heavy atom. The Bertz CT molecular complexity index is 1330. The summed E-state index contributed by atoms with van der Waals surface area (Å²) in [5, 5.41) is 19.7. The highest BCUT2D eigenvalue weighted by Crippen LogP contribution is 2.49. The number of carbonyl (C=O) groups is 2. The normalized spacial score (nSPS) is 20.7. The van der Waals surface area contributed by atoms with Crippen LogP contribution in [-0.4, -0.2) is 83.4 Å². The quantitative estimate of drug-likeness (QED) is 0.415. The highest BCUT2D eigenvalue weighted by Gasteiger charge is 2.56. The smallest absolute Gasteiger partial charge is 0.416 e. The Morgan fingerprint density at radius 1 is 1.14 bits per heavy atom. The number of benzene rings is 2. The zero-order chi connectivity index (χ0) is 31.7. The van der Waals surface area contributed by atoms with Gasteiger partial charge in [0.15, 0.2) is 0 Å². The maximum Gasteiger partial charge on any atom is 0.416 e. The van der Waals surface area contributed by atoms with Gasteiger partial charge in [0.2, 0.25) is 5.91 Å². The molecule has 2 saturated heterocycles. The van der Waals surface area contributed by atoms with E-state index in [1.54, 1.807) is 49.9 Å². The number of alkyl halides is 3. The summed E-state index contributed by atoms with van der Waals surface area (Å²) >= 11 is 0. The van der Waals surface area contributed by atoms with E-state index in [-0.39, 0.29) is 51.1 Å². The fourth-order valence-electron chi connectivity index (χ4n) is 6.75. The van der Waals surface area contributed by atoms with Gasteiger partial charge in [0.1, 0.15) is 5.75 Å². The lowest BCUT2D eigenvalue weighted by molar-refractivity contribution is -0.140. The van der Waals surface area contributed by atoms with Crippen molar-refractivity contribution in [2.75, 3.05) is 40.5 Å². The maximum absolute atomic E-state index is 14.3. The molecule has 43 heavy (non-hydrogen) atoms. The van der Waals surface area contributed by atoms with Crippen LogP contribution in [0.5, 0.6) is 5.75 Å². The van der Waals surface area contributed by atoms with Gasteiger partial charge in [-0.2, -0.15) is 13.2 Å². The molecule has 2 aromatic rings. The van der Waals surface area contributed by atoms with Gasteiger partial charge in [0, 0.05) is 33.4 Å². The second-order valence-corrected chi connectivity index (χ2v) is 11.7. The van der Waals surface area contributed by atoms with E-state index in [2.05, 4.69) is 0 Å². The van der Waals surface area contributed by atoms with Crippen molar-refractivity contribution in [3.05, 3.63) is 64.2 Å². The van der Waals surface area contributed by atoms with Gasteiger partial charge in [-0.1, -0.05) is 19.1 Å². The lowest BCUT2D eigenvalue weighted by Gasteiger charge is -2.47. The zero-order valence-electron chi connectivity index (χ0n) is 25.4. The van der Waals surface area contributed by atoms with Crippen molar-refractivity contribution >= 4 is 11.9 Å². The van der Waals surface area contributed by atoms with Gasteiger partial charge in [0.25, 0.3) is 0 Å². The minimum atomic E-state index is -4.51. The molecule has 11 heteroatoms. The molecule has 2 N–H and O–H groups in total. The summed E-state index contributed by atoms with van der Waals surface area (Å²) in [6.07, 6.45) is -3.34. The number of hydrogen-bond donors (Lipinski definition) is 2. The number of hydrogen-bond acceptors (Lipinski definition) is 5. The van der Waals surface area contributed by atoms with E-state index in [1.165, 1.54) is 4.90 Å². The molecular weight excluding hydrogens is 563 g/mol. The Balaban J connectivity index is 1.75. The number of piperazine rings is 1. The third kappa shape index (κ3) is 6.20. The van der Waals surface area contributed by atoms with Crippen molar-refractivity contribution < 1.29 is 37.7 Å². The van der Waals surface area contributed by atoms with Crippen molar-refractivity contribution in [2.45, 2.75) is 70.8 Å². The molecule has 2 aliphatic rings. The molecule has 3 amide bonds. The fourth-order valence-corrected chi connectivity index (χ4v) is 6.75. The molecule has 2 aromatic carbocycles. The van der Waals surface area contributed by atoms with Gasteiger partial charge in [-0.05, 0) is 86.1 Å². The van der Waals surface area contributed by atoms with Crippen molar-refractivity contribution in [3.63, 3.8) is 0 Å². The van der Waals surface area contributed by atoms with Gasteiger partial charge in [-0.25, -0.2) is 4.79 Å². The number of aliphatic hydroxyl groups excluding tert-OH is 2. The summed E-state index contributed by atoms with van der Waals surface area (Å²) in [5.74, 6) is 0.507. The Hall–Kier alpha value is -3.31. The first kappa shape index (κ1) is 32.6. The van der Waals surface area contributed by atoms with E-state index < -0.39 is 35.3 Å². The highest BCUT2D eigenvalue weighted by molar-refractivity contribution is 5.86. The Kier molecular flexibility index (Phi) is 9.66. The molecule has 0 aromatic heterocycles. The van der Waals surface area contributed by atoms with Crippen LogP contribution in [-0.2, 0) is 17.4 Å². The molecule has 236 valence electrons. The molecule has 2 heterocycles. The topological polar surface area (TPSA) is 93.6 Å². The predicted octanol–water partition coefficient (Wildman–Crippen LogP) is 5.11. The van der Waals surface area contributed by atoms with E-state index in [0.29, 0.717) is 29.7 Å². The summed E-state index contributed by atoms with van der Waals surface area (Å²) in [6.45, 7) is 5.47. The van der Waals surface area contributed by atoms with E-state index in [1.807, 2.05) is 19.1 Å². The molecule has 2 fully saturated rings. The number of nitrogens with zero attached hydrogens (tertiary/aromatic N) is 3. The molecule has 0 aliphatic carbocycles. The first-order valence-corrected chi connectivity index (χ1v) is 14.7. The summed E-state index contributed by atoms with van der Waals surface area (Å²) < 4.78 is 46.5. The maximum atomic E-state index is 14.3. The molecule has 0 radical (unpaired) electrons. The first-order chi connectivity index (χ1) is 20.3. The molecule has 0 bridgehead atoms. The van der Waals surface area contributed by atoms with Gasteiger partial charge in [-0.15, -0.1) is 0 Å². The number of amides is 3. The SMILES string of the molecule is CCc1cc([C@@H](C)N(C)C(=O)N2CCN3C(=O)C(CCO)(CCO)CC3C2c2ccc(OC)cc2C)cc(C(F)(F)F)c1. The average molecular weight is 606 g/mol. The van der Waals surface area contributed by atoms with Gasteiger partial charge >= 0.3 is 12.2 Å². The second kappa shape index (κ2) is 12.7. The number of carbonyl (C=O) groups excluding carboxylic acids is 2. The molecule has 4 rings (SSSR count). The average Bonchev–Trinajstić information content (AvgIpc) is 3.25. The first-order valence-electron chi connectivity index (χ1n) is 14.7. The van der Waals surface area contributed by atoms with Crippen LogP contribution in [0.1, 0.15) is 73.0 Å². The predicted molar refractivity (Wildman–Crippen MR) is 156 cm³/mol. The van der Waals surface area contributed by atoms with Crippen LogP contribution in [0.15, 0.2) is 36.4 Å². The Morgan fingerprint density at radius 3 is 2.37 bits per heavy atom. The van der Waals surface area contributed by atoms with Crippen LogP contribution in [0.4, 0.5) is 18.0 Å². The lowest BCUT2D eigenvalue weighted by atomic mass is 9.77. The molecule has 3 atom stereocenters. The van der Waals surface area contributed by atoms with Crippen molar-refractivity contribution in [1.29, 1.82) is 0 Å². The fraction of sp³-hybridized carbons (Fsp3) is 0.562. The van der Waals surface area contributed by atoms with E-state index in [0.717, 1.165) is 23.3 Å². The number of ether oxygens (including phenoxy) is 1. The van der Waals surface area contributed by atoms with Gasteiger partial charge < -0.3 is 29.6 Å². The summed E-state index contributed by atoms with van der Waals surface area (Å²) in [6, 6.07) is 7.50. The van der Waals surface area contributed by atoms with Gasteiger partial charge in [0.05, 0.1) is 36.2 Å². The number of urea groups is 1. The summed E-state index contributed by atoms with van der Waals surface area (Å²) in [7, 11) is 3.15. The van der Waals surface area contributed by atoms with Gasteiger partial charge in [-0.3, -0.25) is 4.79 Å². The van der Waals surface area contributed by atoms with Crippen LogP contribution in [0.2, 0.25) is 0 Å². The highest BCUT2D eigenvalue weighted by atomic mass is 19.4. The van der Waals surface area contributed by atoms with E-state index in [4.69, 9.17) is 4.74 Å². The zero-order valence-corrected chi connectivity index (χ0v) is 25.4. The van der Waals surface area contributed by atoms with Crippen LogP contribution < -0.4 is 4.74 Å². The molecular formula is C32H42F3N3O5. The number of fused-ring (bicyclic) bond motifs is 1. The second-order valence-electron chi connectivity index (χ2n) is 11.7. The number of rotatable bonds is 9. The van der Waals surface area contributed by atoms with Crippen molar-refractivity contribution in [1.82, 2.24) is 14.7 Å². The standard InChI is InChI=1S/C32H42F3N3O5/c1-6-22-16-23(18-24(17-22)32(33,34)35)21(3)36(4)30(42)38-12-11-37-27(19-31(9-13-39,10-14-40)29(37)41)28(38)26-8-7-25(43-5)15-20(26)2/h7-8,15-18,21,27-28,39-40H,6,9-14,19H2,1-5H3/t21-,27?,28?/m1/s1. The van der Waals surface area contributed by atoms with E-state index >= 15 is 0 Å². The third-order valence-corrected chi connectivity index (χ3v) is 9.33. The number of aliphatic hydroxyl groups is 2. The monoisotopic (exact) mass is 605 g/mol. The number of methoxy groups -OCH3 is 1. The van der Waals surface area contributed by atoms with Crippen molar-refractivity contribution in [3.8, 4) is 5.75 Å². The molecule has 8 nitrogen and oxygen atoms in total. The van der Waals surface area contributed by atoms with Crippen molar-refractivity contribution in [2.24, 2.45) is 5.41 Å². The van der Waals surface area contributed by atoms with Crippen LogP contribution in [0, 0.1) is 12.3 Å². The molecule has 0 saturated carbocycles. The van der Waals surface area contributed by atoms with E-state index in [9.17, 15) is 33.0 Å². The summed E-state index contributed by atoms with van der Waals surface area (Å²) in [4.78, 5) is 33.0. The Labute approximate surface area is 251 Å². The minimum absolute atomic E-state index is 0.137. The number of halogens is 3. The molecule has 2 aliphatic heterocycles. The van der Waals surface area contributed by atoms with Crippen LogP contribution in [0.3, 0.4) is 0 Å². The largest absolute Gasteiger partial charge is 0.497 e. The lowest BCUT2D eigenvalue weighted by Crippen LogP contribution is -2.57. The molecule has 2 unspecified atom stereocenters. The van der Waals surface area contributed by atoms with Crippen LogP contribution in [0.25, 0.3) is 0 Å². The summed E-state index contributed by atoms with van der Waals surface area (Å²) in [5.41, 5.74) is 0.919. The number of aryl methyl sites for hydroxylation is 2. The third-order valence-electron chi connectivity index (χ3n) is 9.33.